The van der Waals surface area contributed by atoms with Crippen molar-refractivity contribution in [1.29, 1.82) is 0 Å². The van der Waals surface area contributed by atoms with Crippen LogP contribution < -0.4 is 10.1 Å². The quantitative estimate of drug-likeness (QED) is 0.443. The zero-order valence-corrected chi connectivity index (χ0v) is 21.1. The van der Waals surface area contributed by atoms with Crippen LogP contribution >= 0.6 is 23.2 Å². The molecule has 0 saturated carbocycles. The molecular formula is C25H27Cl2N5O3. The Morgan fingerprint density at radius 1 is 1.09 bits per heavy atom. The van der Waals surface area contributed by atoms with Gasteiger partial charge in [-0.1, -0.05) is 23.2 Å². The molecule has 0 aliphatic carbocycles. The Morgan fingerprint density at radius 3 is 2.43 bits per heavy atom. The number of carbonyl (C=O) groups is 1. The highest BCUT2D eigenvalue weighted by Gasteiger charge is 2.21. The summed E-state index contributed by atoms with van der Waals surface area (Å²) in [7, 11) is 1.56. The van der Waals surface area contributed by atoms with Gasteiger partial charge >= 0.3 is 6.09 Å². The highest BCUT2D eigenvalue weighted by molar-refractivity contribution is 6.35. The zero-order chi connectivity index (χ0) is 24.8. The van der Waals surface area contributed by atoms with Crippen LogP contribution in [0.1, 0.15) is 24.2 Å². The molecule has 2 aromatic heterocycles. The van der Waals surface area contributed by atoms with E-state index >= 15 is 0 Å². The standard InChI is InChI=1S/C25H27Cl2N5O3/c1-16-29-12-22(13-30-16)35-24-8-18(7-23(31-24)19-9-20(26)11-21(27)10-19)14-32-5-3-17(4-6-32)15-34-25(33)28-2/h7-13,17H,3-6,14-15H2,1-2H3,(H,28,33). The topological polar surface area (TPSA) is 89.5 Å². The minimum absolute atomic E-state index is 0.366. The summed E-state index contributed by atoms with van der Waals surface area (Å²) in [5.74, 6) is 1.98. The highest BCUT2D eigenvalue weighted by Crippen LogP contribution is 2.30. The van der Waals surface area contributed by atoms with Gasteiger partial charge in [-0.05, 0) is 68.6 Å². The molecule has 0 unspecified atom stereocenters. The smallest absolute Gasteiger partial charge is 0.406 e. The van der Waals surface area contributed by atoms with Crippen LogP contribution in [0.5, 0.6) is 11.6 Å². The fourth-order valence-electron chi connectivity index (χ4n) is 3.94. The van der Waals surface area contributed by atoms with Crippen molar-refractivity contribution in [1.82, 2.24) is 25.2 Å². The van der Waals surface area contributed by atoms with Crippen LogP contribution in [0.2, 0.25) is 10.0 Å². The summed E-state index contributed by atoms with van der Waals surface area (Å²) in [5.41, 5.74) is 2.57. The van der Waals surface area contributed by atoms with Crippen LogP contribution in [0.3, 0.4) is 0 Å². The number of aryl methyl sites for hydroxylation is 1. The van der Waals surface area contributed by atoms with Crippen molar-refractivity contribution in [3.8, 4) is 22.9 Å². The number of carbonyl (C=O) groups excluding carboxylic acids is 1. The summed E-state index contributed by atoms with van der Waals surface area (Å²) in [6.07, 6.45) is 4.78. The first-order valence-electron chi connectivity index (χ1n) is 11.4. The fraction of sp³-hybridized carbons (Fsp3) is 0.360. The molecule has 1 N–H and O–H groups in total. The van der Waals surface area contributed by atoms with Gasteiger partial charge in [0.05, 0.1) is 24.7 Å². The Morgan fingerprint density at radius 2 is 1.77 bits per heavy atom. The molecule has 1 amide bonds. The lowest BCUT2D eigenvalue weighted by Gasteiger charge is -2.31. The van der Waals surface area contributed by atoms with E-state index in [1.807, 2.05) is 31.2 Å². The van der Waals surface area contributed by atoms with Gasteiger partial charge in [-0.2, -0.15) is 0 Å². The summed E-state index contributed by atoms with van der Waals surface area (Å²) < 4.78 is 11.2. The molecule has 0 radical (unpaired) electrons. The van der Waals surface area contributed by atoms with Crippen molar-refractivity contribution < 1.29 is 14.3 Å². The molecule has 3 heterocycles. The molecule has 184 valence electrons. The second-order valence-electron chi connectivity index (χ2n) is 8.49. The molecule has 0 bridgehead atoms. The van der Waals surface area contributed by atoms with E-state index in [1.165, 1.54) is 0 Å². The average Bonchev–Trinajstić information content (AvgIpc) is 2.84. The lowest BCUT2D eigenvalue weighted by Crippen LogP contribution is -2.35. The molecule has 0 spiro atoms. The maximum Gasteiger partial charge on any atom is 0.406 e. The van der Waals surface area contributed by atoms with Gasteiger partial charge in [0.2, 0.25) is 5.88 Å². The number of pyridine rings is 1. The third-order valence-electron chi connectivity index (χ3n) is 5.77. The van der Waals surface area contributed by atoms with E-state index in [0.717, 1.165) is 43.6 Å². The SMILES string of the molecule is CNC(=O)OCC1CCN(Cc2cc(Oc3cnc(C)nc3)nc(-c3cc(Cl)cc(Cl)c3)c2)CC1. The Labute approximate surface area is 214 Å². The lowest BCUT2D eigenvalue weighted by molar-refractivity contribution is 0.0955. The second kappa shape index (κ2) is 11.7. The van der Waals surface area contributed by atoms with Gasteiger partial charge < -0.3 is 14.8 Å². The predicted molar refractivity (Wildman–Crippen MR) is 135 cm³/mol. The Hall–Kier alpha value is -2.94. The molecule has 4 rings (SSSR count). The zero-order valence-electron chi connectivity index (χ0n) is 19.6. The summed E-state index contributed by atoms with van der Waals surface area (Å²) in [6.45, 7) is 4.80. The van der Waals surface area contributed by atoms with Crippen LogP contribution in [0.4, 0.5) is 4.79 Å². The number of nitrogens with one attached hydrogen (secondary N) is 1. The van der Waals surface area contributed by atoms with Crippen LogP contribution in [-0.4, -0.2) is 52.7 Å². The van der Waals surface area contributed by atoms with E-state index in [9.17, 15) is 4.79 Å². The van der Waals surface area contributed by atoms with Crippen molar-refractivity contribution in [2.45, 2.75) is 26.3 Å². The number of alkyl carbamates (subject to hydrolysis) is 1. The van der Waals surface area contributed by atoms with Crippen LogP contribution in [-0.2, 0) is 11.3 Å². The number of nitrogens with zero attached hydrogens (tertiary/aromatic N) is 4. The normalized spacial score (nSPS) is 14.5. The van der Waals surface area contributed by atoms with E-state index in [-0.39, 0.29) is 6.09 Å². The number of benzene rings is 1. The summed E-state index contributed by atoms with van der Waals surface area (Å²) in [5, 5.41) is 3.56. The maximum absolute atomic E-state index is 11.3. The van der Waals surface area contributed by atoms with Gasteiger partial charge in [0, 0.05) is 35.3 Å². The number of ether oxygens (including phenoxy) is 2. The maximum atomic E-state index is 11.3. The minimum Gasteiger partial charge on any atom is -0.449 e. The predicted octanol–water partition coefficient (Wildman–Crippen LogP) is 5.51. The van der Waals surface area contributed by atoms with Crippen molar-refractivity contribution in [2.75, 3.05) is 26.7 Å². The first-order chi connectivity index (χ1) is 16.9. The molecule has 1 saturated heterocycles. The molecule has 1 aliphatic heterocycles. The molecule has 1 aliphatic rings. The summed E-state index contributed by atoms with van der Waals surface area (Å²) in [4.78, 5) is 26.8. The highest BCUT2D eigenvalue weighted by atomic mass is 35.5. The second-order valence-corrected chi connectivity index (χ2v) is 9.37. The third-order valence-corrected chi connectivity index (χ3v) is 6.20. The van der Waals surface area contributed by atoms with E-state index in [2.05, 4.69) is 25.2 Å². The van der Waals surface area contributed by atoms with Gasteiger partial charge in [0.1, 0.15) is 5.82 Å². The van der Waals surface area contributed by atoms with Crippen molar-refractivity contribution in [3.63, 3.8) is 0 Å². The average molecular weight is 516 g/mol. The van der Waals surface area contributed by atoms with E-state index in [0.29, 0.717) is 45.7 Å². The molecule has 35 heavy (non-hydrogen) atoms. The lowest BCUT2D eigenvalue weighted by atomic mass is 9.97. The van der Waals surface area contributed by atoms with Crippen LogP contribution in [0, 0.1) is 12.8 Å². The first-order valence-corrected chi connectivity index (χ1v) is 12.1. The van der Waals surface area contributed by atoms with Crippen molar-refractivity contribution in [3.05, 3.63) is 64.2 Å². The van der Waals surface area contributed by atoms with E-state index in [4.69, 9.17) is 32.7 Å². The Bertz CT molecular complexity index is 1150. The monoisotopic (exact) mass is 515 g/mol. The number of likely N-dealkylation sites (tertiary alicyclic amines) is 1. The minimum atomic E-state index is -0.385. The molecule has 1 aromatic carbocycles. The van der Waals surface area contributed by atoms with Gasteiger partial charge in [0.25, 0.3) is 0 Å². The molecule has 10 heteroatoms. The third kappa shape index (κ3) is 7.27. The van der Waals surface area contributed by atoms with Crippen molar-refractivity contribution >= 4 is 29.3 Å². The number of amides is 1. The summed E-state index contributed by atoms with van der Waals surface area (Å²) >= 11 is 12.5. The summed E-state index contributed by atoms with van der Waals surface area (Å²) in [6, 6.07) is 9.31. The number of aromatic nitrogens is 3. The first kappa shape index (κ1) is 25.2. The van der Waals surface area contributed by atoms with Gasteiger partial charge in [-0.15, -0.1) is 0 Å². The number of piperidine rings is 1. The molecule has 0 atom stereocenters. The fourth-order valence-corrected chi connectivity index (χ4v) is 4.47. The number of hydrogen-bond acceptors (Lipinski definition) is 7. The number of rotatable bonds is 7. The molecule has 8 nitrogen and oxygen atoms in total. The van der Waals surface area contributed by atoms with Crippen LogP contribution in [0.15, 0.2) is 42.7 Å². The Kier molecular flexibility index (Phi) is 8.38. The van der Waals surface area contributed by atoms with E-state index in [1.54, 1.807) is 25.5 Å². The van der Waals surface area contributed by atoms with Gasteiger partial charge in [0.15, 0.2) is 5.75 Å². The van der Waals surface area contributed by atoms with Gasteiger partial charge in [-0.25, -0.2) is 19.7 Å². The molecule has 3 aromatic rings. The van der Waals surface area contributed by atoms with Gasteiger partial charge in [-0.3, -0.25) is 4.90 Å². The number of hydrogen-bond donors (Lipinski definition) is 1. The largest absolute Gasteiger partial charge is 0.449 e. The van der Waals surface area contributed by atoms with Crippen molar-refractivity contribution in [2.24, 2.45) is 5.92 Å². The molecule has 1 fully saturated rings. The molecular weight excluding hydrogens is 489 g/mol. The number of halogens is 2. The Balaban J connectivity index is 1.52. The van der Waals surface area contributed by atoms with E-state index < -0.39 is 0 Å². The van der Waals surface area contributed by atoms with Crippen LogP contribution in [0.25, 0.3) is 11.3 Å².